The fraction of sp³-hybridized carbons (Fsp3) is 0.923. The molecular formula is C13H24F2O5Si. The number of rotatable bonds is 7. The number of aliphatic carboxylic acids is 1. The molecule has 0 aromatic rings. The van der Waals surface area contributed by atoms with E-state index < -0.39 is 38.2 Å². The number of hydrogen-bond acceptors (Lipinski definition) is 4. The Kier molecular flexibility index (Phi) is 5.52. The van der Waals surface area contributed by atoms with Gasteiger partial charge in [0.1, 0.15) is 12.2 Å². The lowest BCUT2D eigenvalue weighted by atomic mass is 10.1. The lowest BCUT2D eigenvalue weighted by Crippen LogP contribution is -2.54. The molecule has 0 aromatic heterocycles. The molecule has 0 aromatic carbocycles. The summed E-state index contributed by atoms with van der Waals surface area (Å²) in [7, 11) is -2.39. The third-order valence-electron chi connectivity index (χ3n) is 3.41. The summed E-state index contributed by atoms with van der Waals surface area (Å²) >= 11 is 0. The molecule has 1 rings (SSSR count). The molecule has 2 atom stereocenters. The zero-order chi connectivity index (χ0) is 16.5. The van der Waals surface area contributed by atoms with Gasteiger partial charge in [-0.05, 0) is 32.5 Å². The van der Waals surface area contributed by atoms with E-state index in [0.717, 1.165) is 0 Å². The predicted octanol–water partition coefficient (Wildman–Crippen LogP) is 2.86. The molecule has 0 aliphatic carbocycles. The van der Waals surface area contributed by atoms with Gasteiger partial charge in [-0.15, -0.1) is 0 Å². The van der Waals surface area contributed by atoms with E-state index >= 15 is 0 Å². The molecule has 1 saturated heterocycles. The van der Waals surface area contributed by atoms with Gasteiger partial charge >= 0.3 is 11.9 Å². The fourth-order valence-electron chi connectivity index (χ4n) is 2.23. The quantitative estimate of drug-likeness (QED) is 0.729. The van der Waals surface area contributed by atoms with Crippen LogP contribution in [0.2, 0.25) is 19.6 Å². The van der Waals surface area contributed by atoms with Crippen molar-refractivity contribution in [2.75, 3.05) is 6.61 Å². The van der Waals surface area contributed by atoms with Crippen molar-refractivity contribution in [2.24, 2.45) is 0 Å². The van der Waals surface area contributed by atoms with Crippen molar-refractivity contribution in [2.45, 2.75) is 70.2 Å². The Bertz CT molecular complexity index is 379. The van der Waals surface area contributed by atoms with Crippen LogP contribution in [0.5, 0.6) is 0 Å². The molecular weight excluding hydrogens is 302 g/mol. The SMILES string of the molecule is CCC1(CC)OCC(C(O[Si](C)(C)C)C(F)(F)C(=O)O)O1. The van der Waals surface area contributed by atoms with Crippen molar-refractivity contribution in [3.05, 3.63) is 0 Å². The maximum Gasteiger partial charge on any atom is 0.377 e. The van der Waals surface area contributed by atoms with E-state index in [0.29, 0.717) is 12.8 Å². The molecule has 0 spiro atoms. The van der Waals surface area contributed by atoms with Crippen LogP contribution in [0.15, 0.2) is 0 Å². The van der Waals surface area contributed by atoms with E-state index in [9.17, 15) is 13.6 Å². The third-order valence-corrected chi connectivity index (χ3v) is 4.38. The zero-order valence-electron chi connectivity index (χ0n) is 13.1. The van der Waals surface area contributed by atoms with Crippen molar-refractivity contribution >= 4 is 14.3 Å². The summed E-state index contributed by atoms with van der Waals surface area (Å²) < 4.78 is 44.6. The minimum absolute atomic E-state index is 0.0975. The summed E-state index contributed by atoms with van der Waals surface area (Å²) in [6, 6.07) is 0. The Morgan fingerprint density at radius 1 is 1.43 bits per heavy atom. The van der Waals surface area contributed by atoms with Crippen molar-refractivity contribution in [3.63, 3.8) is 0 Å². The van der Waals surface area contributed by atoms with Gasteiger partial charge in [-0.25, -0.2) is 4.79 Å². The smallest absolute Gasteiger partial charge is 0.377 e. The Balaban J connectivity index is 3.01. The normalized spacial score (nSPS) is 24.0. The number of alkyl halides is 2. The molecule has 1 heterocycles. The van der Waals surface area contributed by atoms with E-state index in [-0.39, 0.29) is 6.61 Å². The Labute approximate surface area is 124 Å². The van der Waals surface area contributed by atoms with Gasteiger partial charge in [-0.1, -0.05) is 13.8 Å². The first-order valence-corrected chi connectivity index (χ1v) is 10.5. The number of ether oxygens (including phenoxy) is 2. The second-order valence-electron chi connectivity index (χ2n) is 6.16. The van der Waals surface area contributed by atoms with Crippen molar-refractivity contribution in [1.82, 2.24) is 0 Å². The molecule has 1 fully saturated rings. The molecule has 0 saturated carbocycles. The first kappa shape index (κ1) is 18.5. The molecule has 0 radical (unpaired) electrons. The topological polar surface area (TPSA) is 65.0 Å². The summed E-state index contributed by atoms with van der Waals surface area (Å²) in [5, 5.41) is 8.80. The Hall–Kier alpha value is -0.573. The van der Waals surface area contributed by atoms with E-state index in [2.05, 4.69) is 0 Å². The second-order valence-corrected chi connectivity index (χ2v) is 10.6. The highest BCUT2D eigenvalue weighted by molar-refractivity contribution is 6.69. The maximum absolute atomic E-state index is 14.0. The van der Waals surface area contributed by atoms with Crippen LogP contribution in [0.25, 0.3) is 0 Å². The molecule has 0 amide bonds. The van der Waals surface area contributed by atoms with Gasteiger partial charge in [-0.2, -0.15) is 8.78 Å². The lowest BCUT2D eigenvalue weighted by Gasteiger charge is -2.34. The molecule has 124 valence electrons. The van der Waals surface area contributed by atoms with Crippen LogP contribution in [-0.4, -0.2) is 49.9 Å². The largest absolute Gasteiger partial charge is 0.477 e. The van der Waals surface area contributed by atoms with Crippen LogP contribution < -0.4 is 0 Å². The van der Waals surface area contributed by atoms with Gasteiger partial charge in [0.05, 0.1) is 6.61 Å². The van der Waals surface area contributed by atoms with Gasteiger partial charge in [0.15, 0.2) is 14.1 Å². The maximum atomic E-state index is 14.0. The van der Waals surface area contributed by atoms with Crippen LogP contribution in [0.1, 0.15) is 26.7 Å². The Morgan fingerprint density at radius 2 is 1.95 bits per heavy atom. The van der Waals surface area contributed by atoms with Crippen LogP contribution in [0.4, 0.5) is 8.78 Å². The van der Waals surface area contributed by atoms with E-state index in [1.807, 2.05) is 13.8 Å². The number of carboxylic acids is 1. The van der Waals surface area contributed by atoms with Gasteiger partial charge in [0.25, 0.3) is 0 Å². The van der Waals surface area contributed by atoms with Gasteiger partial charge in [0.2, 0.25) is 0 Å². The Morgan fingerprint density at radius 3 is 2.29 bits per heavy atom. The first-order valence-electron chi connectivity index (χ1n) is 7.08. The molecule has 1 aliphatic heterocycles. The predicted molar refractivity (Wildman–Crippen MR) is 74.9 cm³/mol. The van der Waals surface area contributed by atoms with Crippen LogP contribution >= 0.6 is 0 Å². The monoisotopic (exact) mass is 326 g/mol. The summed E-state index contributed by atoms with van der Waals surface area (Å²) in [6.45, 7) is 8.73. The van der Waals surface area contributed by atoms with Crippen molar-refractivity contribution < 1.29 is 32.6 Å². The highest BCUT2D eigenvalue weighted by Gasteiger charge is 2.57. The van der Waals surface area contributed by atoms with E-state index in [1.54, 1.807) is 19.6 Å². The average Bonchev–Trinajstić information content (AvgIpc) is 2.79. The molecule has 0 bridgehead atoms. The van der Waals surface area contributed by atoms with Crippen molar-refractivity contribution in [1.29, 1.82) is 0 Å². The van der Waals surface area contributed by atoms with Crippen LogP contribution in [0, 0.1) is 0 Å². The average molecular weight is 326 g/mol. The zero-order valence-corrected chi connectivity index (χ0v) is 14.1. The molecule has 2 unspecified atom stereocenters. The van der Waals surface area contributed by atoms with E-state index in [4.69, 9.17) is 19.0 Å². The fourth-order valence-corrected chi connectivity index (χ4v) is 3.30. The summed E-state index contributed by atoms with van der Waals surface area (Å²) in [5.41, 5.74) is 0. The second kappa shape index (κ2) is 6.27. The number of carbonyl (C=O) groups is 1. The first-order chi connectivity index (χ1) is 9.47. The third kappa shape index (κ3) is 4.21. The molecule has 1 aliphatic rings. The molecule has 21 heavy (non-hydrogen) atoms. The van der Waals surface area contributed by atoms with Crippen LogP contribution in [-0.2, 0) is 18.7 Å². The standard InChI is InChI=1S/C13H24F2O5Si/c1-6-12(7-2)18-8-9(19-12)10(20-21(3,4)5)13(14,15)11(16)17/h9-10H,6-8H2,1-5H3,(H,16,17). The molecule has 1 N–H and O–H groups in total. The van der Waals surface area contributed by atoms with Gasteiger partial charge in [-0.3, -0.25) is 0 Å². The van der Waals surface area contributed by atoms with Gasteiger partial charge in [0, 0.05) is 0 Å². The summed E-state index contributed by atoms with van der Waals surface area (Å²) in [5.74, 6) is -7.16. The van der Waals surface area contributed by atoms with Gasteiger partial charge < -0.3 is 19.0 Å². The summed E-state index contributed by atoms with van der Waals surface area (Å²) in [6.07, 6.45) is -1.94. The minimum Gasteiger partial charge on any atom is -0.477 e. The number of carboxylic acid groups (broad SMARTS) is 1. The molecule has 8 heteroatoms. The molecule has 5 nitrogen and oxygen atoms in total. The minimum atomic E-state index is -4.02. The lowest BCUT2D eigenvalue weighted by molar-refractivity contribution is -0.212. The van der Waals surface area contributed by atoms with E-state index in [1.165, 1.54) is 0 Å². The van der Waals surface area contributed by atoms with Crippen LogP contribution in [0.3, 0.4) is 0 Å². The highest BCUT2D eigenvalue weighted by Crippen LogP contribution is 2.37. The highest BCUT2D eigenvalue weighted by atomic mass is 28.4. The number of halogens is 2. The summed E-state index contributed by atoms with van der Waals surface area (Å²) in [4.78, 5) is 10.9. The van der Waals surface area contributed by atoms with Crippen molar-refractivity contribution in [3.8, 4) is 0 Å². The number of hydrogen-bond donors (Lipinski definition) is 1.